The first kappa shape index (κ1) is 12.3. The molecule has 0 spiro atoms. The first-order valence-corrected chi connectivity index (χ1v) is 6.16. The van der Waals surface area contributed by atoms with Gasteiger partial charge in [-0.15, -0.1) is 0 Å². The van der Waals surface area contributed by atoms with Gasteiger partial charge >= 0.3 is 0 Å². The van der Waals surface area contributed by atoms with Gasteiger partial charge in [0.25, 0.3) is 0 Å². The number of aromatic nitrogens is 2. The Morgan fingerprint density at radius 3 is 2.76 bits per heavy atom. The molecule has 1 aromatic carbocycles. The summed E-state index contributed by atoms with van der Waals surface area (Å²) in [6.07, 6.45) is 1.74. The van der Waals surface area contributed by atoms with Gasteiger partial charge in [-0.3, -0.25) is 4.68 Å². The van der Waals surface area contributed by atoms with E-state index in [1.807, 2.05) is 26.1 Å². The molecule has 1 aromatic heterocycles. The van der Waals surface area contributed by atoms with Crippen LogP contribution in [0.15, 0.2) is 22.8 Å². The molecular formula is C11H12BrClN4. The van der Waals surface area contributed by atoms with Gasteiger partial charge in [0.05, 0.1) is 11.4 Å². The first-order valence-electron chi connectivity index (χ1n) is 4.99. The highest BCUT2D eigenvalue weighted by Crippen LogP contribution is 2.32. The second-order valence-corrected chi connectivity index (χ2v) is 5.07. The van der Waals surface area contributed by atoms with Crippen LogP contribution in [-0.4, -0.2) is 9.78 Å². The van der Waals surface area contributed by atoms with Gasteiger partial charge in [0.1, 0.15) is 0 Å². The fourth-order valence-corrected chi connectivity index (χ4v) is 2.19. The molecule has 0 unspecified atom stereocenters. The predicted octanol–water partition coefficient (Wildman–Crippen LogP) is 3.47. The second kappa shape index (κ2) is 4.58. The molecule has 0 bridgehead atoms. The Hall–Kier alpha value is -1.20. The van der Waals surface area contributed by atoms with Crippen LogP contribution in [0, 0.1) is 6.92 Å². The van der Waals surface area contributed by atoms with Gasteiger partial charge in [-0.05, 0) is 40.5 Å². The number of benzene rings is 1. The number of rotatable bonds is 2. The summed E-state index contributed by atoms with van der Waals surface area (Å²) in [7, 11) is 1.82. The monoisotopic (exact) mass is 314 g/mol. The molecule has 0 fully saturated rings. The minimum atomic E-state index is 0.594. The summed E-state index contributed by atoms with van der Waals surface area (Å²) in [5, 5.41) is 8.06. The zero-order valence-electron chi connectivity index (χ0n) is 9.46. The van der Waals surface area contributed by atoms with Crippen LogP contribution in [0.25, 0.3) is 0 Å². The number of halogens is 2. The lowest BCUT2D eigenvalue weighted by atomic mass is 10.2. The van der Waals surface area contributed by atoms with E-state index in [4.69, 9.17) is 17.3 Å². The maximum Gasteiger partial charge on any atom is 0.175 e. The van der Waals surface area contributed by atoms with Crippen LogP contribution in [0.4, 0.5) is 17.2 Å². The normalized spacial score (nSPS) is 10.6. The number of hydrogen-bond acceptors (Lipinski definition) is 3. The molecule has 4 nitrogen and oxygen atoms in total. The molecule has 90 valence electrons. The Bertz CT molecular complexity index is 565. The van der Waals surface area contributed by atoms with Crippen molar-refractivity contribution in [1.29, 1.82) is 0 Å². The van der Waals surface area contributed by atoms with E-state index in [2.05, 4.69) is 26.3 Å². The fourth-order valence-electron chi connectivity index (χ4n) is 1.47. The first-order chi connectivity index (χ1) is 7.97. The Balaban J connectivity index is 2.36. The summed E-state index contributed by atoms with van der Waals surface area (Å²) in [6, 6.07) is 3.79. The van der Waals surface area contributed by atoms with Crippen LogP contribution < -0.4 is 11.1 Å². The molecule has 2 aromatic rings. The summed E-state index contributed by atoms with van der Waals surface area (Å²) in [4.78, 5) is 0. The van der Waals surface area contributed by atoms with Gasteiger partial charge in [-0.2, -0.15) is 5.10 Å². The molecule has 3 N–H and O–H groups in total. The fraction of sp³-hybridized carbons (Fsp3) is 0.182. The summed E-state index contributed by atoms with van der Waals surface area (Å²) in [5.41, 5.74) is 8.26. The molecule has 0 aliphatic rings. The largest absolute Gasteiger partial charge is 0.394 e. The zero-order chi connectivity index (χ0) is 12.6. The molecule has 2 rings (SSSR count). The van der Waals surface area contributed by atoms with E-state index in [1.165, 1.54) is 0 Å². The molecule has 17 heavy (non-hydrogen) atoms. The van der Waals surface area contributed by atoms with Gasteiger partial charge in [0.2, 0.25) is 0 Å². The predicted molar refractivity (Wildman–Crippen MR) is 74.8 cm³/mol. The lowest BCUT2D eigenvalue weighted by Crippen LogP contribution is -1.97. The van der Waals surface area contributed by atoms with Crippen molar-refractivity contribution in [3.8, 4) is 0 Å². The molecule has 0 radical (unpaired) electrons. The highest BCUT2D eigenvalue weighted by molar-refractivity contribution is 9.10. The van der Waals surface area contributed by atoms with Gasteiger partial charge in [0.15, 0.2) is 5.82 Å². The standard InChI is InChI=1S/C11H12BrClN4/c1-6-3-7(12)10(4-8(6)13)15-11-9(14)5-17(2)16-11/h3-5H,14H2,1-2H3,(H,15,16). The average Bonchev–Trinajstić information content (AvgIpc) is 2.54. The van der Waals surface area contributed by atoms with Gasteiger partial charge in [-0.25, -0.2) is 0 Å². The maximum absolute atomic E-state index is 6.08. The van der Waals surface area contributed by atoms with Crippen molar-refractivity contribution < 1.29 is 0 Å². The Kier molecular flexibility index (Phi) is 3.31. The van der Waals surface area contributed by atoms with Crippen molar-refractivity contribution in [3.63, 3.8) is 0 Å². The molecule has 0 saturated carbocycles. The van der Waals surface area contributed by atoms with Crippen molar-refractivity contribution in [1.82, 2.24) is 9.78 Å². The zero-order valence-corrected chi connectivity index (χ0v) is 11.8. The number of hydrogen-bond donors (Lipinski definition) is 2. The number of nitrogens with two attached hydrogens (primary N) is 1. The summed E-state index contributed by atoms with van der Waals surface area (Å²) < 4.78 is 2.57. The number of aryl methyl sites for hydroxylation is 2. The summed E-state index contributed by atoms with van der Waals surface area (Å²) in [5.74, 6) is 0.619. The van der Waals surface area contributed by atoms with Crippen LogP contribution in [0.3, 0.4) is 0 Å². The smallest absolute Gasteiger partial charge is 0.175 e. The third-order valence-electron chi connectivity index (χ3n) is 2.36. The average molecular weight is 316 g/mol. The Morgan fingerprint density at radius 2 is 2.18 bits per heavy atom. The number of nitrogens with one attached hydrogen (secondary N) is 1. The minimum absolute atomic E-state index is 0.594. The minimum Gasteiger partial charge on any atom is -0.394 e. The molecule has 0 amide bonds. The summed E-state index contributed by atoms with van der Waals surface area (Å²) in [6.45, 7) is 1.95. The highest BCUT2D eigenvalue weighted by atomic mass is 79.9. The Labute approximate surface area is 113 Å². The molecular weight excluding hydrogens is 304 g/mol. The van der Waals surface area contributed by atoms with E-state index < -0.39 is 0 Å². The van der Waals surface area contributed by atoms with Crippen LogP contribution in [0.2, 0.25) is 5.02 Å². The van der Waals surface area contributed by atoms with Gasteiger partial charge < -0.3 is 11.1 Å². The van der Waals surface area contributed by atoms with Crippen LogP contribution in [0.1, 0.15) is 5.56 Å². The van der Waals surface area contributed by atoms with Crippen molar-refractivity contribution in [3.05, 3.63) is 33.4 Å². The van der Waals surface area contributed by atoms with Crippen molar-refractivity contribution in [2.45, 2.75) is 6.92 Å². The maximum atomic E-state index is 6.08. The number of nitrogens with zero attached hydrogens (tertiary/aromatic N) is 2. The molecule has 0 saturated heterocycles. The third-order valence-corrected chi connectivity index (χ3v) is 3.42. The number of anilines is 3. The van der Waals surface area contributed by atoms with E-state index >= 15 is 0 Å². The lowest BCUT2D eigenvalue weighted by molar-refractivity contribution is 0.771. The molecule has 6 heteroatoms. The van der Waals surface area contributed by atoms with E-state index in [0.717, 1.165) is 15.7 Å². The molecule has 0 aliphatic heterocycles. The molecule has 0 atom stereocenters. The van der Waals surface area contributed by atoms with Crippen molar-refractivity contribution in [2.75, 3.05) is 11.1 Å². The quantitative estimate of drug-likeness (QED) is 0.892. The second-order valence-electron chi connectivity index (χ2n) is 3.81. The SMILES string of the molecule is Cc1cc(Br)c(Nc2nn(C)cc2N)cc1Cl. The Morgan fingerprint density at radius 1 is 1.47 bits per heavy atom. The van der Waals surface area contributed by atoms with Gasteiger partial charge in [0, 0.05) is 22.7 Å². The summed E-state index contributed by atoms with van der Waals surface area (Å²) >= 11 is 9.55. The molecule has 0 aliphatic carbocycles. The van der Waals surface area contributed by atoms with Crippen molar-refractivity contribution in [2.24, 2.45) is 7.05 Å². The van der Waals surface area contributed by atoms with Crippen molar-refractivity contribution >= 4 is 44.7 Å². The third kappa shape index (κ3) is 2.56. The lowest BCUT2D eigenvalue weighted by Gasteiger charge is -2.09. The van der Waals surface area contributed by atoms with Gasteiger partial charge in [-0.1, -0.05) is 11.6 Å². The van der Waals surface area contributed by atoms with E-state index in [9.17, 15) is 0 Å². The highest BCUT2D eigenvalue weighted by Gasteiger charge is 2.08. The molecule has 1 heterocycles. The van der Waals surface area contributed by atoms with Crippen LogP contribution >= 0.6 is 27.5 Å². The topological polar surface area (TPSA) is 55.9 Å². The van der Waals surface area contributed by atoms with E-state index in [-0.39, 0.29) is 0 Å². The van der Waals surface area contributed by atoms with Crippen LogP contribution in [0.5, 0.6) is 0 Å². The number of nitrogen functional groups attached to an aromatic ring is 1. The van der Waals surface area contributed by atoms with E-state index in [1.54, 1.807) is 10.9 Å². The van der Waals surface area contributed by atoms with E-state index in [0.29, 0.717) is 16.5 Å². The van der Waals surface area contributed by atoms with Crippen LogP contribution in [-0.2, 0) is 7.05 Å².